The molecule has 0 aromatic rings. The fourth-order valence-corrected chi connectivity index (χ4v) is 4.97. The van der Waals surface area contributed by atoms with E-state index in [1.807, 2.05) is 6.92 Å². The molecule has 4 atom stereocenters. The second-order valence-corrected chi connectivity index (χ2v) is 7.28. The van der Waals surface area contributed by atoms with Crippen molar-refractivity contribution in [3.8, 4) is 0 Å². The lowest BCUT2D eigenvalue weighted by atomic mass is 9.70. The molecule has 0 aromatic heterocycles. The number of piperidine rings is 1. The summed E-state index contributed by atoms with van der Waals surface area (Å²) in [6, 6.07) is -0.433. The third kappa shape index (κ3) is 3.48. The molecule has 1 amide bonds. The zero-order valence-electron chi connectivity index (χ0n) is 14.3. The number of hydrogen-bond acceptors (Lipinski definition) is 2. The van der Waals surface area contributed by atoms with Crippen LogP contribution in [0.15, 0.2) is 12.7 Å². The number of likely N-dealkylation sites (tertiary alicyclic amines) is 1. The molecule has 1 saturated carbocycles. The number of allylic oxidation sites excluding steroid dienone is 1. The monoisotopic (exact) mass is 347 g/mol. The molecule has 0 radical (unpaired) electrons. The van der Waals surface area contributed by atoms with Crippen LogP contribution in [0.4, 0.5) is 13.2 Å². The van der Waals surface area contributed by atoms with Crippen LogP contribution in [0.25, 0.3) is 0 Å². The van der Waals surface area contributed by atoms with Gasteiger partial charge in [0.1, 0.15) is 0 Å². The topological polar surface area (TPSA) is 40.5 Å². The van der Waals surface area contributed by atoms with Crippen molar-refractivity contribution in [2.45, 2.75) is 76.0 Å². The standard InChI is InChI=1S/C18H28F3NO2/c1-3-13(2)15-9-5-11-17(15)10-4-7-14(8-6-12-23)22(17)16(24)18(19,20)21/h3,13-15,23H,1,4-12H2,2H3/t13-,14+,15+,17?/m0/s1. The summed E-state index contributed by atoms with van der Waals surface area (Å²) in [4.78, 5) is 13.5. The first-order valence-electron chi connectivity index (χ1n) is 8.92. The number of amides is 1. The molecule has 138 valence electrons. The highest BCUT2D eigenvalue weighted by molar-refractivity contribution is 5.83. The van der Waals surface area contributed by atoms with Gasteiger partial charge in [-0.25, -0.2) is 0 Å². The van der Waals surface area contributed by atoms with Crippen molar-refractivity contribution in [2.75, 3.05) is 6.61 Å². The maximum atomic E-state index is 13.3. The Balaban J connectivity index is 2.42. The van der Waals surface area contributed by atoms with E-state index in [1.54, 1.807) is 6.08 Å². The maximum absolute atomic E-state index is 13.3. The quantitative estimate of drug-likeness (QED) is 0.762. The van der Waals surface area contributed by atoms with Crippen molar-refractivity contribution in [3.63, 3.8) is 0 Å². The number of carbonyl (C=O) groups is 1. The van der Waals surface area contributed by atoms with Crippen LogP contribution >= 0.6 is 0 Å². The van der Waals surface area contributed by atoms with Crippen molar-refractivity contribution in [3.05, 3.63) is 12.7 Å². The van der Waals surface area contributed by atoms with Gasteiger partial charge in [0.15, 0.2) is 0 Å². The van der Waals surface area contributed by atoms with E-state index in [4.69, 9.17) is 5.11 Å². The van der Waals surface area contributed by atoms with E-state index in [-0.39, 0.29) is 18.4 Å². The van der Waals surface area contributed by atoms with Gasteiger partial charge in [0, 0.05) is 18.2 Å². The van der Waals surface area contributed by atoms with Gasteiger partial charge in [-0.3, -0.25) is 4.79 Å². The van der Waals surface area contributed by atoms with E-state index in [9.17, 15) is 18.0 Å². The normalized spacial score (nSPS) is 32.1. The number of alkyl halides is 3. The third-order valence-corrected chi connectivity index (χ3v) is 5.97. The van der Waals surface area contributed by atoms with E-state index < -0.39 is 23.7 Å². The lowest BCUT2D eigenvalue weighted by Crippen LogP contribution is -2.64. The molecule has 1 heterocycles. The molecule has 24 heavy (non-hydrogen) atoms. The summed E-state index contributed by atoms with van der Waals surface area (Å²) in [5.41, 5.74) is -0.710. The predicted octanol–water partition coefficient (Wildman–Crippen LogP) is 4.06. The smallest absolute Gasteiger partial charge is 0.396 e. The van der Waals surface area contributed by atoms with Gasteiger partial charge in [-0.15, -0.1) is 6.58 Å². The van der Waals surface area contributed by atoms with Gasteiger partial charge in [-0.2, -0.15) is 13.2 Å². The van der Waals surface area contributed by atoms with Crippen LogP contribution in [-0.2, 0) is 4.79 Å². The van der Waals surface area contributed by atoms with E-state index >= 15 is 0 Å². The first kappa shape index (κ1) is 19.3. The molecule has 6 heteroatoms. The van der Waals surface area contributed by atoms with Crippen molar-refractivity contribution in [1.82, 2.24) is 4.90 Å². The first-order chi connectivity index (χ1) is 11.3. The van der Waals surface area contributed by atoms with Crippen LogP contribution in [0, 0.1) is 11.8 Å². The van der Waals surface area contributed by atoms with Gasteiger partial charge in [0.05, 0.1) is 0 Å². The van der Waals surface area contributed by atoms with Crippen molar-refractivity contribution in [1.29, 1.82) is 0 Å². The summed E-state index contributed by atoms with van der Waals surface area (Å²) in [6.07, 6.45) is 2.15. The Morgan fingerprint density at radius 1 is 1.38 bits per heavy atom. The number of hydrogen-bond donors (Lipinski definition) is 1. The van der Waals surface area contributed by atoms with Crippen molar-refractivity contribution in [2.24, 2.45) is 11.8 Å². The number of halogens is 3. The van der Waals surface area contributed by atoms with E-state index in [0.29, 0.717) is 32.1 Å². The number of nitrogens with zero attached hydrogens (tertiary/aromatic N) is 1. The lowest BCUT2D eigenvalue weighted by Gasteiger charge is -2.54. The maximum Gasteiger partial charge on any atom is 0.471 e. The Hall–Kier alpha value is -1.04. The largest absolute Gasteiger partial charge is 0.471 e. The highest BCUT2D eigenvalue weighted by Gasteiger charge is 2.58. The summed E-state index contributed by atoms with van der Waals surface area (Å²) in [6.45, 7) is 5.73. The van der Waals surface area contributed by atoms with Crippen LogP contribution in [0.1, 0.15) is 58.3 Å². The zero-order chi connectivity index (χ0) is 18.0. The molecular formula is C18H28F3NO2. The molecule has 2 rings (SSSR count). The summed E-state index contributed by atoms with van der Waals surface area (Å²) in [7, 11) is 0. The molecule has 2 fully saturated rings. The molecular weight excluding hydrogens is 319 g/mol. The SMILES string of the molecule is C=C[C@H](C)[C@H]1CCCC12CCC[C@H](CCCO)N2C(=O)C(F)(F)F. The highest BCUT2D eigenvalue weighted by atomic mass is 19.4. The fourth-order valence-electron chi connectivity index (χ4n) is 4.97. The summed E-state index contributed by atoms with van der Waals surface area (Å²) in [5.74, 6) is -1.60. The Labute approximate surface area is 141 Å². The van der Waals surface area contributed by atoms with Crippen LogP contribution in [0.3, 0.4) is 0 Å². The molecule has 1 unspecified atom stereocenters. The van der Waals surface area contributed by atoms with Gasteiger partial charge >= 0.3 is 12.1 Å². The molecule has 1 aliphatic heterocycles. The van der Waals surface area contributed by atoms with E-state index in [2.05, 4.69) is 6.58 Å². The van der Waals surface area contributed by atoms with Crippen LogP contribution < -0.4 is 0 Å². The predicted molar refractivity (Wildman–Crippen MR) is 86.3 cm³/mol. The molecule has 3 nitrogen and oxygen atoms in total. The average Bonchev–Trinajstić information content (AvgIpc) is 2.94. The first-order valence-corrected chi connectivity index (χ1v) is 8.92. The number of aliphatic hydroxyl groups is 1. The number of carbonyl (C=O) groups excluding carboxylic acids is 1. The minimum absolute atomic E-state index is 0.0261. The van der Waals surface area contributed by atoms with Gasteiger partial charge in [-0.1, -0.05) is 19.4 Å². The zero-order valence-corrected chi connectivity index (χ0v) is 14.3. The lowest BCUT2D eigenvalue weighted by molar-refractivity contribution is -0.201. The van der Waals surface area contributed by atoms with Gasteiger partial charge in [-0.05, 0) is 56.8 Å². The molecule has 1 aliphatic carbocycles. The fraction of sp³-hybridized carbons (Fsp3) is 0.833. The highest BCUT2D eigenvalue weighted by Crippen LogP contribution is 2.52. The van der Waals surface area contributed by atoms with Gasteiger partial charge in [0.25, 0.3) is 0 Å². The van der Waals surface area contributed by atoms with Gasteiger partial charge < -0.3 is 10.0 Å². The van der Waals surface area contributed by atoms with Crippen molar-refractivity contribution < 1.29 is 23.1 Å². The van der Waals surface area contributed by atoms with Crippen LogP contribution in [0.5, 0.6) is 0 Å². The summed E-state index contributed by atoms with van der Waals surface area (Å²) < 4.78 is 39.9. The Kier molecular flexibility index (Phi) is 6.00. The van der Waals surface area contributed by atoms with Gasteiger partial charge in [0.2, 0.25) is 0 Å². The Morgan fingerprint density at radius 2 is 2.00 bits per heavy atom. The second-order valence-electron chi connectivity index (χ2n) is 7.28. The average molecular weight is 347 g/mol. The molecule has 1 N–H and O–H groups in total. The molecule has 1 spiro atoms. The molecule has 2 aliphatic rings. The third-order valence-electron chi connectivity index (χ3n) is 5.97. The molecule has 0 bridgehead atoms. The minimum atomic E-state index is -4.85. The van der Waals surface area contributed by atoms with E-state index in [0.717, 1.165) is 19.3 Å². The summed E-state index contributed by atoms with van der Waals surface area (Å²) >= 11 is 0. The minimum Gasteiger partial charge on any atom is -0.396 e. The Morgan fingerprint density at radius 3 is 2.54 bits per heavy atom. The number of aliphatic hydroxyl groups excluding tert-OH is 1. The van der Waals surface area contributed by atoms with Crippen molar-refractivity contribution >= 4 is 5.91 Å². The second kappa shape index (κ2) is 7.46. The Bertz CT molecular complexity index is 466. The van der Waals surface area contributed by atoms with Crippen LogP contribution in [-0.4, -0.2) is 40.3 Å². The molecule has 0 aromatic carbocycles. The number of rotatable bonds is 5. The van der Waals surface area contributed by atoms with E-state index in [1.165, 1.54) is 4.90 Å². The molecule has 1 saturated heterocycles. The summed E-state index contributed by atoms with van der Waals surface area (Å²) in [5, 5.41) is 9.08. The van der Waals surface area contributed by atoms with Crippen LogP contribution in [0.2, 0.25) is 0 Å².